The maximum atomic E-state index is 6.07. The minimum Gasteiger partial charge on any atom is -0.372 e. The van der Waals surface area contributed by atoms with Gasteiger partial charge in [0.1, 0.15) is 0 Å². The van der Waals surface area contributed by atoms with Crippen molar-refractivity contribution in [3.05, 3.63) is 34.9 Å². The second kappa shape index (κ2) is 7.28. The van der Waals surface area contributed by atoms with Crippen LogP contribution in [0.1, 0.15) is 44.8 Å². The van der Waals surface area contributed by atoms with E-state index in [4.69, 9.17) is 16.3 Å². The van der Waals surface area contributed by atoms with E-state index in [-0.39, 0.29) is 6.10 Å². The normalized spacial score (nSPS) is 16.8. The summed E-state index contributed by atoms with van der Waals surface area (Å²) in [5, 5.41) is 4.22. The Labute approximate surface area is 121 Å². The lowest BCUT2D eigenvalue weighted by molar-refractivity contribution is 0.0473. The molecule has 1 saturated carbocycles. The molecule has 0 aromatic heterocycles. The summed E-state index contributed by atoms with van der Waals surface area (Å²) in [5.74, 6) is 0.915. The number of hydrogen-bond acceptors (Lipinski definition) is 2. The molecule has 0 radical (unpaired) electrons. The Balaban J connectivity index is 1.91. The van der Waals surface area contributed by atoms with Crippen LogP contribution in [0, 0.1) is 5.92 Å². The molecular formula is C16H24ClNO. The zero-order valence-electron chi connectivity index (χ0n) is 11.9. The molecule has 0 bridgehead atoms. The molecular weight excluding hydrogens is 258 g/mol. The number of benzene rings is 1. The fraction of sp³-hybridized carbons (Fsp3) is 0.625. The summed E-state index contributed by atoms with van der Waals surface area (Å²) in [7, 11) is 0. The maximum absolute atomic E-state index is 6.07. The van der Waals surface area contributed by atoms with Gasteiger partial charge in [0.25, 0.3) is 0 Å². The van der Waals surface area contributed by atoms with Crippen molar-refractivity contribution in [2.75, 3.05) is 13.2 Å². The van der Waals surface area contributed by atoms with E-state index < -0.39 is 0 Å². The molecule has 2 rings (SSSR count). The van der Waals surface area contributed by atoms with E-state index in [0.717, 1.165) is 29.7 Å². The quantitative estimate of drug-likeness (QED) is 0.771. The predicted octanol–water partition coefficient (Wildman–Crippen LogP) is 4.20. The van der Waals surface area contributed by atoms with Crippen LogP contribution in [0.25, 0.3) is 0 Å². The van der Waals surface area contributed by atoms with Crippen molar-refractivity contribution >= 4 is 11.6 Å². The summed E-state index contributed by atoms with van der Waals surface area (Å²) < 4.78 is 6.06. The molecule has 1 aromatic rings. The first-order valence-electron chi connectivity index (χ1n) is 7.25. The lowest BCUT2D eigenvalue weighted by Gasteiger charge is -2.20. The Morgan fingerprint density at radius 2 is 2.16 bits per heavy atom. The highest BCUT2D eigenvalue weighted by atomic mass is 35.5. The summed E-state index contributed by atoms with van der Waals surface area (Å²) in [6, 6.07) is 8.46. The summed E-state index contributed by atoms with van der Waals surface area (Å²) >= 11 is 6.07. The molecule has 1 aliphatic rings. The van der Waals surface area contributed by atoms with Crippen LogP contribution in [-0.4, -0.2) is 19.2 Å². The van der Waals surface area contributed by atoms with Crippen molar-refractivity contribution < 1.29 is 4.74 Å². The molecule has 0 amide bonds. The molecule has 0 aliphatic heterocycles. The van der Waals surface area contributed by atoms with E-state index >= 15 is 0 Å². The molecule has 0 saturated heterocycles. The zero-order valence-corrected chi connectivity index (χ0v) is 12.6. The number of ether oxygens (including phenoxy) is 1. The fourth-order valence-electron chi connectivity index (χ4n) is 2.11. The molecule has 1 aromatic carbocycles. The molecule has 3 heteroatoms. The zero-order chi connectivity index (χ0) is 13.7. The molecule has 1 aliphatic carbocycles. The Morgan fingerprint density at radius 1 is 1.37 bits per heavy atom. The summed E-state index contributed by atoms with van der Waals surface area (Å²) in [6.07, 6.45) is 4.06. The van der Waals surface area contributed by atoms with Crippen molar-refractivity contribution in [3.8, 4) is 0 Å². The van der Waals surface area contributed by atoms with E-state index in [9.17, 15) is 0 Å². The number of halogens is 1. The van der Waals surface area contributed by atoms with Crippen molar-refractivity contribution in [2.45, 2.75) is 45.3 Å². The standard InChI is InChI=1S/C16H24ClNO/c1-12(2)18-11-16(19-9-8-13-6-7-13)14-4-3-5-15(17)10-14/h3-5,10,12-13,16,18H,6-9,11H2,1-2H3. The van der Waals surface area contributed by atoms with E-state index in [1.165, 1.54) is 19.3 Å². The SMILES string of the molecule is CC(C)NCC(OCCC1CC1)c1cccc(Cl)c1. The summed E-state index contributed by atoms with van der Waals surface area (Å²) in [5.41, 5.74) is 1.16. The Hall–Kier alpha value is -0.570. The van der Waals surface area contributed by atoms with Gasteiger partial charge in [-0.05, 0) is 30.0 Å². The van der Waals surface area contributed by atoms with Gasteiger partial charge in [0, 0.05) is 24.2 Å². The topological polar surface area (TPSA) is 21.3 Å². The van der Waals surface area contributed by atoms with Gasteiger partial charge in [0.05, 0.1) is 6.10 Å². The van der Waals surface area contributed by atoms with Gasteiger partial charge < -0.3 is 10.1 Å². The minimum atomic E-state index is 0.0971. The highest BCUT2D eigenvalue weighted by Crippen LogP contribution is 2.33. The van der Waals surface area contributed by atoms with E-state index in [1.807, 2.05) is 18.2 Å². The van der Waals surface area contributed by atoms with Crippen molar-refractivity contribution in [2.24, 2.45) is 5.92 Å². The molecule has 1 unspecified atom stereocenters. The van der Waals surface area contributed by atoms with E-state index in [0.29, 0.717) is 6.04 Å². The Bertz CT molecular complexity index is 390. The highest BCUT2D eigenvalue weighted by Gasteiger charge is 2.21. The summed E-state index contributed by atoms with van der Waals surface area (Å²) in [4.78, 5) is 0. The molecule has 19 heavy (non-hydrogen) atoms. The smallest absolute Gasteiger partial charge is 0.0949 e. The third-order valence-corrected chi connectivity index (χ3v) is 3.71. The van der Waals surface area contributed by atoms with E-state index in [2.05, 4.69) is 25.2 Å². The van der Waals surface area contributed by atoms with Crippen LogP contribution in [0.15, 0.2) is 24.3 Å². The Morgan fingerprint density at radius 3 is 2.79 bits per heavy atom. The lowest BCUT2D eigenvalue weighted by Crippen LogP contribution is -2.29. The predicted molar refractivity (Wildman–Crippen MR) is 80.6 cm³/mol. The highest BCUT2D eigenvalue weighted by molar-refractivity contribution is 6.30. The molecule has 0 spiro atoms. The first kappa shape index (κ1) is 14.8. The maximum Gasteiger partial charge on any atom is 0.0949 e. The third-order valence-electron chi connectivity index (χ3n) is 3.47. The second-order valence-corrected chi connectivity index (χ2v) is 6.15. The fourth-order valence-corrected chi connectivity index (χ4v) is 2.30. The monoisotopic (exact) mass is 281 g/mol. The van der Waals surface area contributed by atoms with Crippen LogP contribution < -0.4 is 5.32 Å². The average molecular weight is 282 g/mol. The van der Waals surface area contributed by atoms with Crippen LogP contribution in [0.3, 0.4) is 0 Å². The van der Waals surface area contributed by atoms with Crippen LogP contribution >= 0.6 is 11.6 Å². The molecule has 106 valence electrons. The molecule has 1 atom stereocenters. The minimum absolute atomic E-state index is 0.0971. The number of rotatable bonds is 8. The molecule has 2 nitrogen and oxygen atoms in total. The van der Waals surface area contributed by atoms with Crippen LogP contribution in [-0.2, 0) is 4.74 Å². The van der Waals surface area contributed by atoms with Gasteiger partial charge in [0.2, 0.25) is 0 Å². The van der Waals surface area contributed by atoms with Gasteiger partial charge >= 0.3 is 0 Å². The first-order chi connectivity index (χ1) is 9.15. The second-order valence-electron chi connectivity index (χ2n) is 5.71. The van der Waals surface area contributed by atoms with Crippen LogP contribution in [0.5, 0.6) is 0 Å². The van der Waals surface area contributed by atoms with E-state index in [1.54, 1.807) is 0 Å². The van der Waals surface area contributed by atoms with Crippen molar-refractivity contribution in [1.82, 2.24) is 5.32 Å². The first-order valence-corrected chi connectivity index (χ1v) is 7.63. The van der Waals surface area contributed by atoms with Gasteiger partial charge in [-0.15, -0.1) is 0 Å². The summed E-state index contributed by atoms with van der Waals surface area (Å²) in [6.45, 7) is 5.99. The van der Waals surface area contributed by atoms with Crippen molar-refractivity contribution in [1.29, 1.82) is 0 Å². The Kier molecular flexibility index (Phi) is 5.68. The third kappa shape index (κ3) is 5.52. The average Bonchev–Trinajstić information content (AvgIpc) is 3.17. The van der Waals surface area contributed by atoms with Gasteiger partial charge in [-0.3, -0.25) is 0 Å². The van der Waals surface area contributed by atoms with Crippen LogP contribution in [0.2, 0.25) is 5.02 Å². The number of hydrogen-bond donors (Lipinski definition) is 1. The van der Waals surface area contributed by atoms with Gasteiger partial charge in [-0.2, -0.15) is 0 Å². The van der Waals surface area contributed by atoms with Gasteiger partial charge in [-0.1, -0.05) is 50.4 Å². The molecule has 1 fully saturated rings. The molecule has 1 N–H and O–H groups in total. The number of nitrogens with one attached hydrogen (secondary N) is 1. The van der Waals surface area contributed by atoms with Gasteiger partial charge in [0.15, 0.2) is 0 Å². The largest absolute Gasteiger partial charge is 0.372 e. The van der Waals surface area contributed by atoms with Crippen molar-refractivity contribution in [3.63, 3.8) is 0 Å². The molecule has 0 heterocycles. The van der Waals surface area contributed by atoms with Gasteiger partial charge in [-0.25, -0.2) is 0 Å². The van der Waals surface area contributed by atoms with Crippen LogP contribution in [0.4, 0.5) is 0 Å². The lowest BCUT2D eigenvalue weighted by atomic mass is 10.1.